The molecule has 0 bridgehead atoms. The van der Waals surface area contributed by atoms with Gasteiger partial charge >= 0.3 is 6.09 Å². The lowest BCUT2D eigenvalue weighted by Crippen LogP contribution is -2.53. The van der Waals surface area contributed by atoms with Gasteiger partial charge in [-0.05, 0) is 49.8 Å². The van der Waals surface area contributed by atoms with Gasteiger partial charge in [-0.2, -0.15) is 0 Å². The molecule has 1 aromatic rings. The van der Waals surface area contributed by atoms with Crippen molar-refractivity contribution in [3.63, 3.8) is 0 Å². The molecule has 2 fully saturated rings. The van der Waals surface area contributed by atoms with Crippen molar-refractivity contribution < 1.29 is 9.53 Å². The van der Waals surface area contributed by atoms with Crippen LogP contribution in [0, 0.1) is 11.8 Å². The molecular formula is C20H30N2O2. The average molecular weight is 330 g/mol. The summed E-state index contributed by atoms with van der Waals surface area (Å²) in [7, 11) is 0. The molecule has 0 aliphatic carbocycles. The molecule has 0 aromatic heterocycles. The van der Waals surface area contributed by atoms with Gasteiger partial charge in [-0.1, -0.05) is 44.2 Å². The highest BCUT2D eigenvalue weighted by Crippen LogP contribution is 2.27. The number of likely N-dealkylation sites (tertiary alicyclic amines) is 2. The van der Waals surface area contributed by atoms with E-state index in [1.807, 2.05) is 35.2 Å². The fourth-order valence-electron chi connectivity index (χ4n) is 4.01. The highest BCUT2D eigenvalue weighted by Gasteiger charge is 2.34. The van der Waals surface area contributed by atoms with Crippen molar-refractivity contribution in [3.8, 4) is 0 Å². The minimum absolute atomic E-state index is 0.170. The molecular weight excluding hydrogens is 300 g/mol. The summed E-state index contributed by atoms with van der Waals surface area (Å²) < 4.78 is 5.48. The molecule has 24 heavy (non-hydrogen) atoms. The van der Waals surface area contributed by atoms with Crippen LogP contribution < -0.4 is 0 Å². The molecule has 0 N–H and O–H groups in total. The van der Waals surface area contributed by atoms with Crippen LogP contribution in [0.1, 0.15) is 38.7 Å². The van der Waals surface area contributed by atoms with Crippen molar-refractivity contribution in [1.82, 2.24) is 9.80 Å². The van der Waals surface area contributed by atoms with E-state index in [1.54, 1.807) is 0 Å². The van der Waals surface area contributed by atoms with E-state index in [1.165, 1.54) is 25.9 Å². The van der Waals surface area contributed by atoms with Crippen LogP contribution in [0.15, 0.2) is 30.3 Å². The maximum Gasteiger partial charge on any atom is 0.410 e. The molecule has 1 amide bonds. The molecule has 0 saturated carbocycles. The zero-order valence-electron chi connectivity index (χ0n) is 15.0. The minimum atomic E-state index is -0.170. The zero-order chi connectivity index (χ0) is 16.9. The number of carbonyl (C=O) groups excluding carboxylic acids is 1. The molecule has 0 radical (unpaired) electrons. The van der Waals surface area contributed by atoms with Crippen molar-refractivity contribution in [2.75, 3.05) is 26.2 Å². The van der Waals surface area contributed by atoms with Crippen LogP contribution >= 0.6 is 0 Å². The number of hydrogen-bond donors (Lipinski definition) is 0. The molecule has 2 aliphatic heterocycles. The lowest BCUT2D eigenvalue weighted by Gasteiger charge is -2.44. The van der Waals surface area contributed by atoms with E-state index in [9.17, 15) is 4.79 Å². The second kappa shape index (κ2) is 8.02. The highest BCUT2D eigenvalue weighted by atomic mass is 16.6. The Morgan fingerprint density at radius 2 is 1.79 bits per heavy atom. The second-order valence-electron chi connectivity index (χ2n) is 7.54. The first-order valence-electron chi connectivity index (χ1n) is 9.33. The summed E-state index contributed by atoms with van der Waals surface area (Å²) in [6.07, 6.45) is 3.52. The lowest BCUT2D eigenvalue weighted by molar-refractivity contribution is 0.0319. The SMILES string of the molecule is CC1CCN(C2CCN(C(=O)OCc3ccccc3)CC2C)CC1. The van der Waals surface area contributed by atoms with Gasteiger partial charge in [0.15, 0.2) is 0 Å². The quantitative estimate of drug-likeness (QED) is 0.846. The zero-order valence-corrected chi connectivity index (χ0v) is 15.0. The summed E-state index contributed by atoms with van der Waals surface area (Å²) in [5.74, 6) is 1.38. The molecule has 4 nitrogen and oxygen atoms in total. The number of ether oxygens (including phenoxy) is 1. The van der Waals surface area contributed by atoms with Crippen LogP contribution in [-0.2, 0) is 11.3 Å². The number of amides is 1. The Labute approximate surface area is 145 Å². The molecule has 3 rings (SSSR count). The van der Waals surface area contributed by atoms with Crippen LogP contribution in [0.3, 0.4) is 0 Å². The number of piperidine rings is 2. The standard InChI is InChI=1S/C20H30N2O2/c1-16-8-11-21(12-9-16)19-10-13-22(14-17(19)2)20(23)24-15-18-6-4-3-5-7-18/h3-7,16-17,19H,8-15H2,1-2H3. The van der Waals surface area contributed by atoms with Gasteiger partial charge in [0.1, 0.15) is 6.61 Å². The first-order chi connectivity index (χ1) is 11.6. The smallest absolute Gasteiger partial charge is 0.410 e. The molecule has 1 aromatic carbocycles. The van der Waals surface area contributed by atoms with E-state index in [4.69, 9.17) is 4.74 Å². The minimum Gasteiger partial charge on any atom is -0.445 e. The van der Waals surface area contributed by atoms with Gasteiger partial charge in [0.25, 0.3) is 0 Å². The van der Waals surface area contributed by atoms with Crippen LogP contribution in [0.4, 0.5) is 4.79 Å². The van der Waals surface area contributed by atoms with Crippen molar-refractivity contribution in [2.24, 2.45) is 11.8 Å². The fourth-order valence-corrected chi connectivity index (χ4v) is 4.01. The maximum atomic E-state index is 12.3. The molecule has 2 atom stereocenters. The summed E-state index contributed by atoms with van der Waals surface area (Å²) in [6.45, 7) is 9.05. The first-order valence-corrected chi connectivity index (χ1v) is 9.33. The van der Waals surface area contributed by atoms with Crippen LogP contribution in [0.2, 0.25) is 0 Å². The number of benzene rings is 1. The van der Waals surface area contributed by atoms with Crippen LogP contribution in [-0.4, -0.2) is 48.1 Å². The summed E-state index contributed by atoms with van der Waals surface area (Å²) >= 11 is 0. The summed E-state index contributed by atoms with van der Waals surface area (Å²) in [5.41, 5.74) is 1.04. The van der Waals surface area contributed by atoms with Gasteiger partial charge in [0, 0.05) is 19.1 Å². The van der Waals surface area contributed by atoms with Crippen molar-refractivity contribution in [1.29, 1.82) is 0 Å². The van der Waals surface area contributed by atoms with Crippen LogP contribution in [0.5, 0.6) is 0 Å². The maximum absolute atomic E-state index is 12.3. The Balaban J connectivity index is 1.47. The predicted octanol–water partition coefficient (Wildman–Crippen LogP) is 3.77. The third-order valence-electron chi connectivity index (χ3n) is 5.61. The third kappa shape index (κ3) is 4.29. The van der Waals surface area contributed by atoms with E-state index in [0.29, 0.717) is 18.6 Å². The van der Waals surface area contributed by atoms with Gasteiger partial charge in [-0.3, -0.25) is 4.90 Å². The summed E-state index contributed by atoms with van der Waals surface area (Å²) in [4.78, 5) is 16.9. The molecule has 2 heterocycles. The van der Waals surface area contributed by atoms with Crippen molar-refractivity contribution in [3.05, 3.63) is 35.9 Å². The van der Waals surface area contributed by atoms with E-state index < -0.39 is 0 Å². The Hall–Kier alpha value is -1.55. The second-order valence-corrected chi connectivity index (χ2v) is 7.54. The Morgan fingerprint density at radius 3 is 2.46 bits per heavy atom. The first kappa shape index (κ1) is 17.3. The molecule has 2 aliphatic rings. The fraction of sp³-hybridized carbons (Fsp3) is 0.650. The van der Waals surface area contributed by atoms with Gasteiger partial charge in [-0.25, -0.2) is 4.79 Å². The van der Waals surface area contributed by atoms with Gasteiger partial charge < -0.3 is 9.64 Å². The molecule has 2 saturated heterocycles. The number of hydrogen-bond acceptors (Lipinski definition) is 3. The summed E-state index contributed by atoms with van der Waals surface area (Å²) in [6, 6.07) is 10.5. The average Bonchev–Trinajstić information content (AvgIpc) is 2.61. The van der Waals surface area contributed by atoms with E-state index in [-0.39, 0.29) is 6.09 Å². The van der Waals surface area contributed by atoms with Crippen molar-refractivity contribution >= 4 is 6.09 Å². The lowest BCUT2D eigenvalue weighted by atomic mass is 9.89. The topological polar surface area (TPSA) is 32.8 Å². The summed E-state index contributed by atoms with van der Waals surface area (Å²) in [5, 5.41) is 0. The third-order valence-corrected chi connectivity index (χ3v) is 5.61. The Bertz CT molecular complexity index is 526. The predicted molar refractivity (Wildman–Crippen MR) is 95.7 cm³/mol. The molecule has 2 unspecified atom stereocenters. The van der Waals surface area contributed by atoms with Gasteiger partial charge in [0.2, 0.25) is 0 Å². The molecule has 0 spiro atoms. The number of rotatable bonds is 3. The Morgan fingerprint density at radius 1 is 1.08 bits per heavy atom. The normalized spacial score (nSPS) is 26.3. The van der Waals surface area contributed by atoms with E-state index in [0.717, 1.165) is 31.0 Å². The van der Waals surface area contributed by atoms with Gasteiger partial charge in [0.05, 0.1) is 0 Å². The van der Waals surface area contributed by atoms with Gasteiger partial charge in [-0.15, -0.1) is 0 Å². The number of carbonyl (C=O) groups is 1. The van der Waals surface area contributed by atoms with Crippen LogP contribution in [0.25, 0.3) is 0 Å². The van der Waals surface area contributed by atoms with Crippen molar-refractivity contribution in [2.45, 2.75) is 45.8 Å². The van der Waals surface area contributed by atoms with E-state index >= 15 is 0 Å². The molecule has 132 valence electrons. The monoisotopic (exact) mass is 330 g/mol. The Kier molecular flexibility index (Phi) is 5.77. The van der Waals surface area contributed by atoms with E-state index in [2.05, 4.69) is 18.7 Å². The highest BCUT2D eigenvalue weighted by molar-refractivity contribution is 5.67. The molecule has 4 heteroatoms. The largest absolute Gasteiger partial charge is 0.445 e. The number of nitrogens with zero attached hydrogens (tertiary/aromatic N) is 2.